The summed E-state index contributed by atoms with van der Waals surface area (Å²) in [5, 5.41) is 0. The molecule has 1 N–H and O–H groups in total. The van der Waals surface area contributed by atoms with Crippen LogP contribution in [0.15, 0.2) is 60.8 Å². The third-order valence-corrected chi connectivity index (χ3v) is 10.8. The van der Waals surface area contributed by atoms with Crippen LogP contribution in [-0.4, -0.2) is 75.6 Å². The fourth-order valence-electron chi connectivity index (χ4n) is 6.19. The molecule has 0 amide bonds. The van der Waals surface area contributed by atoms with Crippen LogP contribution in [0.4, 0.5) is 0 Å². The number of quaternary nitrogens is 1. The van der Waals surface area contributed by atoms with E-state index in [0.29, 0.717) is 24.1 Å². The van der Waals surface area contributed by atoms with Gasteiger partial charge in [-0.2, -0.15) is 0 Å². The molecule has 9 heteroatoms. The molecule has 0 radical (unpaired) electrons. The lowest BCUT2D eigenvalue weighted by molar-refractivity contribution is -0.870. The highest BCUT2D eigenvalue weighted by molar-refractivity contribution is 7.47. The van der Waals surface area contributed by atoms with Gasteiger partial charge in [0.15, 0.2) is 0 Å². The van der Waals surface area contributed by atoms with Crippen molar-refractivity contribution in [2.24, 2.45) is 0 Å². The molecular formula is C49H91NO7P+. The second-order valence-electron chi connectivity index (χ2n) is 16.8. The van der Waals surface area contributed by atoms with Gasteiger partial charge in [0.25, 0.3) is 0 Å². The first-order chi connectivity index (χ1) is 28.1. The summed E-state index contributed by atoms with van der Waals surface area (Å²) >= 11 is 0. The zero-order chi connectivity index (χ0) is 42.7. The normalized spacial score (nSPS) is 14.2. The highest BCUT2D eigenvalue weighted by Crippen LogP contribution is 2.43. The van der Waals surface area contributed by atoms with Gasteiger partial charge >= 0.3 is 13.8 Å². The van der Waals surface area contributed by atoms with Crippen LogP contribution >= 0.6 is 7.82 Å². The van der Waals surface area contributed by atoms with Crippen LogP contribution in [0.25, 0.3) is 0 Å². The lowest BCUT2D eigenvalue weighted by atomic mass is 10.1. The van der Waals surface area contributed by atoms with Gasteiger partial charge in [0, 0.05) is 13.0 Å². The summed E-state index contributed by atoms with van der Waals surface area (Å²) < 4.78 is 35.0. The van der Waals surface area contributed by atoms with Gasteiger partial charge in [-0.05, 0) is 77.0 Å². The quantitative estimate of drug-likeness (QED) is 0.0215. The van der Waals surface area contributed by atoms with Gasteiger partial charge in [0.2, 0.25) is 0 Å². The number of carbonyl (C=O) groups is 1. The van der Waals surface area contributed by atoms with E-state index < -0.39 is 13.9 Å². The molecule has 0 aromatic rings. The summed E-state index contributed by atoms with van der Waals surface area (Å²) in [6.45, 7) is 5.47. The molecule has 0 saturated heterocycles. The van der Waals surface area contributed by atoms with Crippen LogP contribution in [0.2, 0.25) is 0 Å². The lowest BCUT2D eigenvalue weighted by Gasteiger charge is -2.24. The Bertz CT molecular complexity index is 1110. The number of nitrogens with zero attached hydrogens (tertiary/aromatic N) is 1. The maximum atomic E-state index is 12.7. The molecule has 0 aliphatic heterocycles. The van der Waals surface area contributed by atoms with Crippen LogP contribution < -0.4 is 0 Å². The molecule has 0 aliphatic carbocycles. The molecule has 338 valence electrons. The van der Waals surface area contributed by atoms with E-state index in [1.165, 1.54) is 96.3 Å². The first kappa shape index (κ1) is 56.2. The minimum Gasteiger partial charge on any atom is -0.457 e. The molecular weight excluding hydrogens is 746 g/mol. The number of hydrogen-bond donors (Lipinski definition) is 1. The van der Waals surface area contributed by atoms with Crippen molar-refractivity contribution < 1.29 is 37.3 Å². The molecule has 8 nitrogen and oxygen atoms in total. The number of esters is 1. The molecule has 0 spiro atoms. The molecule has 0 heterocycles. The Kier molecular flexibility index (Phi) is 40.6. The number of hydrogen-bond acceptors (Lipinski definition) is 6. The monoisotopic (exact) mass is 837 g/mol. The van der Waals surface area contributed by atoms with Gasteiger partial charge in [0.1, 0.15) is 19.3 Å². The van der Waals surface area contributed by atoms with E-state index in [1.807, 2.05) is 21.1 Å². The Morgan fingerprint density at radius 2 is 1.00 bits per heavy atom. The fourth-order valence-corrected chi connectivity index (χ4v) is 6.93. The molecule has 0 fully saturated rings. The Morgan fingerprint density at radius 3 is 1.52 bits per heavy atom. The molecule has 2 atom stereocenters. The number of allylic oxidation sites excluding steroid dienone is 10. The number of unbranched alkanes of at least 4 members (excludes halogenated alkanes) is 19. The zero-order valence-corrected chi connectivity index (χ0v) is 39.2. The second kappa shape index (κ2) is 41.9. The average molecular weight is 837 g/mol. The van der Waals surface area contributed by atoms with E-state index in [1.54, 1.807) is 0 Å². The predicted molar refractivity (Wildman–Crippen MR) is 247 cm³/mol. The van der Waals surface area contributed by atoms with Crippen molar-refractivity contribution in [2.75, 3.05) is 54.1 Å². The van der Waals surface area contributed by atoms with Gasteiger partial charge in [0.05, 0.1) is 34.4 Å². The van der Waals surface area contributed by atoms with Crippen molar-refractivity contribution in [1.29, 1.82) is 0 Å². The number of rotatable bonds is 43. The van der Waals surface area contributed by atoms with Crippen molar-refractivity contribution in [2.45, 2.75) is 193 Å². The maximum absolute atomic E-state index is 12.7. The van der Waals surface area contributed by atoms with E-state index >= 15 is 0 Å². The third-order valence-electron chi connectivity index (χ3n) is 9.81. The Morgan fingerprint density at radius 1 is 0.552 bits per heavy atom. The third kappa shape index (κ3) is 45.3. The number of phosphoric acid groups is 1. The summed E-state index contributed by atoms with van der Waals surface area (Å²) in [6.07, 6.45) is 52.6. The Labute approximate surface area is 358 Å². The van der Waals surface area contributed by atoms with Crippen molar-refractivity contribution in [3.05, 3.63) is 60.8 Å². The van der Waals surface area contributed by atoms with E-state index in [0.717, 1.165) is 70.6 Å². The van der Waals surface area contributed by atoms with Crippen LogP contribution in [0, 0.1) is 0 Å². The van der Waals surface area contributed by atoms with Crippen LogP contribution in [0.1, 0.15) is 187 Å². The summed E-state index contributed by atoms with van der Waals surface area (Å²) in [5.41, 5.74) is 0. The number of phosphoric ester groups is 1. The van der Waals surface area contributed by atoms with Gasteiger partial charge in [-0.1, -0.05) is 164 Å². The number of carbonyl (C=O) groups excluding carboxylic acids is 1. The Hall–Kier alpha value is -1.80. The summed E-state index contributed by atoms with van der Waals surface area (Å²) in [7, 11) is 1.65. The van der Waals surface area contributed by atoms with Gasteiger partial charge in [-0.3, -0.25) is 13.8 Å². The average Bonchev–Trinajstić information content (AvgIpc) is 3.18. The lowest BCUT2D eigenvalue weighted by Crippen LogP contribution is -2.37. The molecule has 0 saturated carbocycles. The maximum Gasteiger partial charge on any atom is 0.472 e. The summed E-state index contributed by atoms with van der Waals surface area (Å²) in [5.74, 6) is -0.326. The first-order valence-corrected chi connectivity index (χ1v) is 25.0. The van der Waals surface area contributed by atoms with Crippen molar-refractivity contribution in [3.8, 4) is 0 Å². The van der Waals surface area contributed by atoms with E-state index in [9.17, 15) is 14.3 Å². The van der Waals surface area contributed by atoms with Gasteiger partial charge in [-0.25, -0.2) is 4.57 Å². The smallest absolute Gasteiger partial charge is 0.457 e. The minimum atomic E-state index is -4.28. The molecule has 0 aromatic carbocycles. The molecule has 2 unspecified atom stereocenters. The van der Waals surface area contributed by atoms with Gasteiger partial charge in [-0.15, -0.1) is 0 Å². The Balaban J connectivity index is 4.19. The van der Waals surface area contributed by atoms with E-state index in [4.69, 9.17) is 18.5 Å². The molecule has 0 aromatic heterocycles. The second-order valence-corrected chi connectivity index (χ2v) is 18.2. The predicted octanol–water partition coefficient (Wildman–Crippen LogP) is 14.1. The van der Waals surface area contributed by atoms with Crippen molar-refractivity contribution in [3.63, 3.8) is 0 Å². The highest BCUT2D eigenvalue weighted by atomic mass is 31.2. The molecule has 0 bridgehead atoms. The van der Waals surface area contributed by atoms with Crippen molar-refractivity contribution in [1.82, 2.24) is 0 Å². The molecule has 0 rings (SSSR count). The summed E-state index contributed by atoms with van der Waals surface area (Å²) in [6, 6.07) is 0. The van der Waals surface area contributed by atoms with Crippen LogP contribution in [0.5, 0.6) is 0 Å². The topological polar surface area (TPSA) is 91.3 Å². The summed E-state index contributed by atoms with van der Waals surface area (Å²) in [4.78, 5) is 22.9. The van der Waals surface area contributed by atoms with Gasteiger partial charge < -0.3 is 18.9 Å². The number of likely N-dealkylation sites (N-methyl/N-ethyl adjacent to an activating group) is 1. The number of ether oxygens (including phenoxy) is 2. The SMILES string of the molecule is CC/C=C\C/C=C\C/C=C\C/C=C\CCCCCCCCCCCOCC(COP(=O)(O)OCC[N+](C)(C)C)OC(=O)CCCCCCC/C=C\CCCCCCC. The fraction of sp³-hybridized carbons (Fsp3) is 0.776. The zero-order valence-electron chi connectivity index (χ0n) is 38.3. The largest absolute Gasteiger partial charge is 0.472 e. The molecule has 0 aliphatic rings. The van der Waals surface area contributed by atoms with Crippen LogP contribution in [0.3, 0.4) is 0 Å². The highest BCUT2D eigenvalue weighted by Gasteiger charge is 2.26. The van der Waals surface area contributed by atoms with E-state index in [2.05, 4.69) is 74.6 Å². The first-order valence-electron chi connectivity index (χ1n) is 23.5. The van der Waals surface area contributed by atoms with Crippen LogP contribution in [-0.2, 0) is 27.9 Å². The van der Waals surface area contributed by atoms with Crippen molar-refractivity contribution >= 4 is 13.8 Å². The molecule has 58 heavy (non-hydrogen) atoms. The minimum absolute atomic E-state index is 0.0837. The standard InChI is InChI=1S/C49H90NO7P/c1-6-8-10-12-14-16-18-20-22-23-24-25-26-27-28-29-31-33-35-37-39-41-44-54-46-48(47-56-58(52,53)55-45-43-50(3,4)5)57-49(51)42-40-38-36-34-32-30-21-19-17-15-13-11-9-7-2/h8,10,14,16,19-22,24-25,48H,6-7,9,11-13,15,17-18,23,26-47H2,1-5H3/p+1/b10-8-,16-14-,21-19-,22-20-,25-24-. The van der Waals surface area contributed by atoms with E-state index in [-0.39, 0.29) is 25.8 Å².